The number of amides is 1. The second kappa shape index (κ2) is 6.94. The zero-order valence-electron chi connectivity index (χ0n) is 13.2. The van der Waals surface area contributed by atoms with Crippen molar-refractivity contribution in [2.45, 2.75) is 31.5 Å². The van der Waals surface area contributed by atoms with Crippen molar-refractivity contribution in [1.82, 2.24) is 14.9 Å². The molecule has 2 N–H and O–H groups in total. The number of carbonyl (C=O) groups is 1. The fourth-order valence-corrected chi connectivity index (χ4v) is 3.31. The van der Waals surface area contributed by atoms with Crippen molar-refractivity contribution in [3.05, 3.63) is 40.1 Å². The molecule has 0 fully saturated rings. The van der Waals surface area contributed by atoms with Crippen LogP contribution in [0.5, 0.6) is 0 Å². The van der Waals surface area contributed by atoms with Crippen LogP contribution in [-0.2, 0) is 19.1 Å². The first-order valence-corrected chi connectivity index (χ1v) is 8.20. The third-order valence-corrected chi connectivity index (χ3v) is 4.72. The Kier molecular flexibility index (Phi) is 5.34. The van der Waals surface area contributed by atoms with E-state index in [0.717, 1.165) is 10.1 Å². The van der Waals surface area contributed by atoms with Crippen LogP contribution in [0.25, 0.3) is 0 Å². The molecule has 2 heterocycles. The first kappa shape index (κ1) is 18.5. The molecule has 0 spiro atoms. The number of imidazole rings is 1. The number of hydrogen-bond donors (Lipinski definition) is 2. The van der Waals surface area contributed by atoms with E-state index in [1.165, 1.54) is 30.8 Å². The number of hydrogen-bond acceptors (Lipinski definition) is 4. The van der Waals surface area contributed by atoms with Crippen molar-refractivity contribution in [1.29, 1.82) is 0 Å². The molecule has 0 bridgehead atoms. The molecule has 1 atom stereocenters. The summed E-state index contributed by atoms with van der Waals surface area (Å²) >= 11 is 1.23. The van der Waals surface area contributed by atoms with E-state index in [1.807, 2.05) is 6.92 Å². The molecule has 0 saturated heterocycles. The van der Waals surface area contributed by atoms with Gasteiger partial charge < -0.3 is 15.0 Å². The van der Waals surface area contributed by atoms with Gasteiger partial charge >= 0.3 is 6.18 Å². The first-order valence-electron chi connectivity index (χ1n) is 7.32. The highest BCUT2D eigenvalue weighted by Crippen LogP contribution is 2.40. The summed E-state index contributed by atoms with van der Waals surface area (Å²) in [5, 5.41) is 14.4. The second-order valence-corrected chi connectivity index (χ2v) is 6.27. The molecule has 0 aliphatic carbocycles. The molecule has 5 nitrogen and oxygen atoms in total. The van der Waals surface area contributed by atoms with Crippen LogP contribution in [0.15, 0.2) is 23.8 Å². The largest absolute Gasteiger partial charge is 0.424 e. The lowest BCUT2D eigenvalue weighted by atomic mass is 9.97. The SMILES string of the molecule is CCc1ccsc1C(=O)NCCC(O)(c1nccn1C)C(F)(F)F. The number of aliphatic hydroxyl groups is 1. The van der Waals surface area contributed by atoms with Gasteiger partial charge in [-0.15, -0.1) is 11.3 Å². The summed E-state index contributed by atoms with van der Waals surface area (Å²) in [7, 11) is 1.37. The van der Waals surface area contributed by atoms with Crippen LogP contribution in [-0.4, -0.2) is 33.3 Å². The lowest BCUT2D eigenvalue weighted by molar-refractivity contribution is -0.272. The zero-order chi connectivity index (χ0) is 18.0. The fraction of sp³-hybridized carbons (Fsp3) is 0.467. The van der Waals surface area contributed by atoms with Crippen LogP contribution >= 0.6 is 11.3 Å². The lowest BCUT2D eigenvalue weighted by Gasteiger charge is -2.29. The van der Waals surface area contributed by atoms with E-state index in [1.54, 1.807) is 11.4 Å². The molecule has 2 rings (SSSR count). The maximum atomic E-state index is 13.4. The van der Waals surface area contributed by atoms with Crippen molar-refractivity contribution < 1.29 is 23.1 Å². The number of alkyl halides is 3. The van der Waals surface area contributed by atoms with Crippen molar-refractivity contribution in [2.24, 2.45) is 7.05 Å². The van der Waals surface area contributed by atoms with Crippen molar-refractivity contribution in [2.75, 3.05) is 6.54 Å². The van der Waals surface area contributed by atoms with E-state index in [-0.39, 0.29) is 6.54 Å². The van der Waals surface area contributed by atoms with Gasteiger partial charge in [0.15, 0.2) is 0 Å². The first-order chi connectivity index (χ1) is 11.2. The zero-order valence-corrected chi connectivity index (χ0v) is 14.0. The summed E-state index contributed by atoms with van der Waals surface area (Å²) in [6, 6.07) is 1.81. The number of nitrogens with zero attached hydrogens (tertiary/aromatic N) is 2. The van der Waals surface area contributed by atoms with E-state index in [4.69, 9.17) is 0 Å². The van der Waals surface area contributed by atoms with E-state index < -0.39 is 29.9 Å². The van der Waals surface area contributed by atoms with Crippen molar-refractivity contribution >= 4 is 17.2 Å². The summed E-state index contributed by atoms with van der Waals surface area (Å²) in [5.74, 6) is -0.944. The van der Waals surface area contributed by atoms with Gasteiger partial charge in [0, 0.05) is 32.4 Å². The number of aromatic nitrogens is 2. The van der Waals surface area contributed by atoms with Crippen molar-refractivity contribution in [3.8, 4) is 0 Å². The second-order valence-electron chi connectivity index (χ2n) is 5.35. The number of thiophene rings is 1. The van der Waals surface area contributed by atoms with Gasteiger partial charge in [-0.3, -0.25) is 4.79 Å². The summed E-state index contributed by atoms with van der Waals surface area (Å²) in [6.45, 7) is 1.56. The number of aryl methyl sites for hydroxylation is 2. The number of rotatable bonds is 6. The Bertz CT molecular complexity index is 711. The molecule has 0 radical (unpaired) electrons. The van der Waals surface area contributed by atoms with Gasteiger partial charge in [0.2, 0.25) is 5.60 Å². The normalized spacial score (nSPS) is 14.4. The van der Waals surface area contributed by atoms with E-state index in [9.17, 15) is 23.1 Å². The van der Waals surface area contributed by atoms with Crippen LogP contribution in [0.1, 0.15) is 34.4 Å². The molecule has 9 heteroatoms. The standard InChI is InChI=1S/C15H18F3N3O2S/c1-3-10-4-9-24-11(10)12(22)19-6-5-14(23,15(16,17)18)13-20-7-8-21(13)2/h4,7-9,23H,3,5-6H2,1-2H3,(H,19,22). The molecule has 1 unspecified atom stereocenters. The summed E-state index contributed by atoms with van der Waals surface area (Å²) in [4.78, 5) is 16.2. The third-order valence-electron chi connectivity index (χ3n) is 3.77. The Balaban J connectivity index is 2.10. The van der Waals surface area contributed by atoms with Gasteiger partial charge in [0.25, 0.3) is 5.91 Å². The lowest BCUT2D eigenvalue weighted by Crippen LogP contribution is -2.46. The molecule has 0 aromatic carbocycles. The molecule has 24 heavy (non-hydrogen) atoms. The van der Waals surface area contributed by atoms with E-state index in [0.29, 0.717) is 11.3 Å². The molecular formula is C15H18F3N3O2S. The Morgan fingerprint density at radius 1 is 1.46 bits per heavy atom. The van der Waals surface area contributed by atoms with Crippen LogP contribution in [0.2, 0.25) is 0 Å². The summed E-state index contributed by atoms with van der Waals surface area (Å²) in [5.41, 5.74) is -2.28. The van der Waals surface area contributed by atoms with Crippen LogP contribution in [0.3, 0.4) is 0 Å². The topological polar surface area (TPSA) is 67.2 Å². The predicted molar refractivity (Wildman–Crippen MR) is 83.8 cm³/mol. The molecule has 0 aliphatic rings. The third kappa shape index (κ3) is 3.46. The monoisotopic (exact) mass is 361 g/mol. The Hall–Kier alpha value is -1.87. The van der Waals surface area contributed by atoms with Crippen LogP contribution in [0, 0.1) is 0 Å². The van der Waals surface area contributed by atoms with E-state index in [2.05, 4.69) is 10.3 Å². The van der Waals surface area contributed by atoms with Gasteiger partial charge in [-0.05, 0) is 23.4 Å². The molecule has 2 aromatic rings. The number of carbonyl (C=O) groups excluding carboxylic acids is 1. The fourth-order valence-electron chi connectivity index (χ4n) is 2.39. The summed E-state index contributed by atoms with van der Waals surface area (Å²) < 4.78 is 41.2. The smallest absolute Gasteiger partial charge is 0.374 e. The quantitative estimate of drug-likeness (QED) is 0.831. The highest BCUT2D eigenvalue weighted by atomic mass is 32.1. The minimum Gasteiger partial charge on any atom is -0.374 e. The van der Waals surface area contributed by atoms with Gasteiger partial charge in [-0.2, -0.15) is 13.2 Å². The Morgan fingerprint density at radius 2 is 2.17 bits per heavy atom. The molecule has 0 aliphatic heterocycles. The maximum Gasteiger partial charge on any atom is 0.424 e. The highest BCUT2D eigenvalue weighted by Gasteiger charge is 2.57. The molecule has 1 amide bonds. The molecule has 132 valence electrons. The van der Waals surface area contributed by atoms with Gasteiger partial charge in [0.05, 0.1) is 4.88 Å². The molecule has 0 saturated carbocycles. The molecule has 2 aromatic heterocycles. The minimum absolute atomic E-state index is 0.331. The molecular weight excluding hydrogens is 343 g/mol. The highest BCUT2D eigenvalue weighted by molar-refractivity contribution is 7.12. The maximum absolute atomic E-state index is 13.4. The van der Waals surface area contributed by atoms with E-state index >= 15 is 0 Å². The average molecular weight is 361 g/mol. The minimum atomic E-state index is -4.91. The number of nitrogens with one attached hydrogen (secondary N) is 1. The van der Waals surface area contributed by atoms with Gasteiger partial charge in [-0.25, -0.2) is 4.98 Å². The van der Waals surface area contributed by atoms with Crippen LogP contribution < -0.4 is 5.32 Å². The number of halogens is 3. The van der Waals surface area contributed by atoms with Gasteiger partial charge in [-0.1, -0.05) is 6.92 Å². The Labute approximate surface area is 141 Å². The van der Waals surface area contributed by atoms with Gasteiger partial charge in [0.1, 0.15) is 5.82 Å². The predicted octanol–water partition coefficient (Wildman–Crippen LogP) is 2.61. The average Bonchev–Trinajstić information content (AvgIpc) is 3.14. The van der Waals surface area contributed by atoms with Crippen LogP contribution in [0.4, 0.5) is 13.2 Å². The van der Waals surface area contributed by atoms with Crippen molar-refractivity contribution in [3.63, 3.8) is 0 Å². The Morgan fingerprint density at radius 3 is 2.71 bits per heavy atom. The summed E-state index contributed by atoms with van der Waals surface area (Å²) in [6.07, 6.45) is -2.46.